The van der Waals surface area contributed by atoms with Crippen molar-refractivity contribution >= 4 is 5.69 Å². The normalized spacial score (nSPS) is 22.0. The molecule has 110 valence electrons. The lowest BCUT2D eigenvalue weighted by Crippen LogP contribution is -2.33. The lowest BCUT2D eigenvalue weighted by atomic mass is 10.2. The van der Waals surface area contributed by atoms with E-state index >= 15 is 0 Å². The average molecular weight is 280 g/mol. The Labute approximate surface area is 118 Å². The number of nitrogens with two attached hydrogens (primary N) is 1. The van der Waals surface area contributed by atoms with Crippen molar-refractivity contribution in [2.75, 3.05) is 0 Å². The monoisotopic (exact) mass is 280 g/mol. The molecule has 2 N–H and O–H groups in total. The lowest BCUT2D eigenvalue weighted by molar-refractivity contribution is -0.385. The van der Waals surface area contributed by atoms with Crippen molar-refractivity contribution in [3.63, 3.8) is 0 Å². The summed E-state index contributed by atoms with van der Waals surface area (Å²) in [5, 5.41) is 11.0. The first-order valence-corrected chi connectivity index (χ1v) is 6.84. The Kier molecular flexibility index (Phi) is 4.44. The van der Waals surface area contributed by atoms with Crippen LogP contribution in [0.3, 0.4) is 0 Å². The number of non-ortho nitro benzene ring substituents is 1. The van der Waals surface area contributed by atoms with Gasteiger partial charge in [0.25, 0.3) is 5.69 Å². The minimum absolute atomic E-state index is 0.0104. The summed E-state index contributed by atoms with van der Waals surface area (Å²) in [6, 6.07) is 4.49. The van der Waals surface area contributed by atoms with Crippen LogP contribution in [-0.4, -0.2) is 23.2 Å². The summed E-state index contributed by atoms with van der Waals surface area (Å²) in [5.74, 6) is 0.882. The summed E-state index contributed by atoms with van der Waals surface area (Å²) in [7, 11) is 0. The van der Waals surface area contributed by atoms with Crippen LogP contribution < -0.4 is 15.2 Å². The van der Waals surface area contributed by atoms with E-state index in [0.29, 0.717) is 11.5 Å². The Morgan fingerprint density at radius 2 is 2.00 bits per heavy atom. The van der Waals surface area contributed by atoms with Crippen LogP contribution in [0.1, 0.15) is 33.1 Å². The third kappa shape index (κ3) is 3.60. The predicted molar refractivity (Wildman–Crippen MR) is 75.1 cm³/mol. The van der Waals surface area contributed by atoms with Crippen LogP contribution >= 0.6 is 0 Å². The third-order valence-corrected chi connectivity index (χ3v) is 3.24. The van der Waals surface area contributed by atoms with Gasteiger partial charge >= 0.3 is 0 Å². The van der Waals surface area contributed by atoms with Crippen LogP contribution in [0.2, 0.25) is 0 Å². The fraction of sp³-hybridized carbons (Fsp3) is 0.571. The van der Waals surface area contributed by atoms with Crippen molar-refractivity contribution < 1.29 is 14.4 Å². The SMILES string of the molecule is CC(C)Oc1cc(OC2CCCC2N)cc([N+](=O)[O-])c1. The first kappa shape index (κ1) is 14.6. The molecular formula is C14H20N2O4. The van der Waals surface area contributed by atoms with Gasteiger partial charge in [-0.15, -0.1) is 0 Å². The van der Waals surface area contributed by atoms with Crippen molar-refractivity contribution in [3.8, 4) is 11.5 Å². The van der Waals surface area contributed by atoms with Gasteiger partial charge < -0.3 is 15.2 Å². The van der Waals surface area contributed by atoms with E-state index in [-0.39, 0.29) is 23.9 Å². The predicted octanol–water partition coefficient (Wildman–Crippen LogP) is 2.64. The molecule has 0 aromatic heterocycles. The van der Waals surface area contributed by atoms with Crippen LogP contribution in [-0.2, 0) is 0 Å². The fourth-order valence-electron chi connectivity index (χ4n) is 2.35. The van der Waals surface area contributed by atoms with Gasteiger partial charge in [0, 0.05) is 12.1 Å². The molecule has 0 amide bonds. The van der Waals surface area contributed by atoms with Gasteiger partial charge in [-0.25, -0.2) is 0 Å². The molecule has 2 unspecified atom stereocenters. The molecular weight excluding hydrogens is 260 g/mol. The average Bonchev–Trinajstić information content (AvgIpc) is 2.73. The Bertz CT molecular complexity index is 490. The molecule has 1 saturated carbocycles. The highest BCUT2D eigenvalue weighted by atomic mass is 16.6. The van der Waals surface area contributed by atoms with Crippen LogP contribution in [0.5, 0.6) is 11.5 Å². The fourth-order valence-corrected chi connectivity index (χ4v) is 2.35. The van der Waals surface area contributed by atoms with E-state index in [1.807, 2.05) is 13.8 Å². The summed E-state index contributed by atoms with van der Waals surface area (Å²) in [5.41, 5.74) is 5.92. The van der Waals surface area contributed by atoms with Gasteiger partial charge in [-0.2, -0.15) is 0 Å². The standard InChI is InChI=1S/C14H20N2O4/c1-9(2)19-11-6-10(16(17)18)7-12(8-11)20-14-5-3-4-13(14)15/h6-9,13-14H,3-5,15H2,1-2H3. The Balaban J connectivity index is 2.21. The maximum absolute atomic E-state index is 11.0. The number of benzene rings is 1. The molecule has 2 rings (SSSR count). The number of hydrogen-bond acceptors (Lipinski definition) is 5. The first-order valence-electron chi connectivity index (χ1n) is 6.84. The van der Waals surface area contributed by atoms with E-state index in [9.17, 15) is 10.1 Å². The lowest BCUT2D eigenvalue weighted by Gasteiger charge is -2.18. The van der Waals surface area contributed by atoms with E-state index < -0.39 is 4.92 Å². The van der Waals surface area contributed by atoms with Crippen LogP contribution in [0.25, 0.3) is 0 Å². The number of nitro benzene ring substituents is 1. The van der Waals surface area contributed by atoms with E-state index in [0.717, 1.165) is 19.3 Å². The van der Waals surface area contributed by atoms with Crippen molar-refractivity contribution in [2.45, 2.75) is 51.4 Å². The molecule has 1 fully saturated rings. The number of nitrogens with zero attached hydrogens (tertiary/aromatic N) is 1. The highest BCUT2D eigenvalue weighted by Gasteiger charge is 2.26. The molecule has 0 spiro atoms. The molecule has 0 radical (unpaired) electrons. The second kappa shape index (κ2) is 6.09. The molecule has 2 atom stereocenters. The molecule has 0 saturated heterocycles. The zero-order chi connectivity index (χ0) is 14.7. The molecule has 6 heteroatoms. The molecule has 0 bridgehead atoms. The molecule has 1 aliphatic carbocycles. The van der Waals surface area contributed by atoms with E-state index in [1.54, 1.807) is 6.07 Å². The van der Waals surface area contributed by atoms with E-state index in [4.69, 9.17) is 15.2 Å². The third-order valence-electron chi connectivity index (χ3n) is 3.24. The van der Waals surface area contributed by atoms with Crippen molar-refractivity contribution in [1.29, 1.82) is 0 Å². The molecule has 1 aliphatic rings. The number of hydrogen-bond donors (Lipinski definition) is 1. The molecule has 1 aromatic carbocycles. The maximum Gasteiger partial charge on any atom is 0.276 e. The van der Waals surface area contributed by atoms with Gasteiger partial charge in [0.05, 0.1) is 23.2 Å². The van der Waals surface area contributed by atoms with Crippen molar-refractivity contribution in [2.24, 2.45) is 5.73 Å². The summed E-state index contributed by atoms with van der Waals surface area (Å²) in [6.07, 6.45) is 2.69. The number of ether oxygens (including phenoxy) is 2. The second-order valence-corrected chi connectivity index (χ2v) is 5.34. The molecule has 0 aliphatic heterocycles. The zero-order valence-electron chi connectivity index (χ0n) is 11.7. The molecule has 6 nitrogen and oxygen atoms in total. The van der Waals surface area contributed by atoms with Crippen LogP contribution in [0.15, 0.2) is 18.2 Å². The van der Waals surface area contributed by atoms with E-state index in [1.165, 1.54) is 12.1 Å². The minimum Gasteiger partial charge on any atom is -0.491 e. The topological polar surface area (TPSA) is 87.6 Å². The Morgan fingerprint density at radius 1 is 1.30 bits per heavy atom. The second-order valence-electron chi connectivity index (χ2n) is 5.34. The number of nitro groups is 1. The van der Waals surface area contributed by atoms with Crippen molar-refractivity contribution in [3.05, 3.63) is 28.3 Å². The van der Waals surface area contributed by atoms with Gasteiger partial charge in [-0.1, -0.05) is 0 Å². The van der Waals surface area contributed by atoms with Gasteiger partial charge in [0.2, 0.25) is 0 Å². The van der Waals surface area contributed by atoms with Gasteiger partial charge in [-0.05, 0) is 33.1 Å². The summed E-state index contributed by atoms with van der Waals surface area (Å²) in [4.78, 5) is 10.5. The first-order chi connectivity index (χ1) is 9.45. The highest BCUT2D eigenvalue weighted by Crippen LogP contribution is 2.31. The summed E-state index contributed by atoms with van der Waals surface area (Å²) >= 11 is 0. The Hall–Kier alpha value is -1.82. The van der Waals surface area contributed by atoms with Gasteiger partial charge in [0.1, 0.15) is 17.6 Å². The smallest absolute Gasteiger partial charge is 0.276 e. The largest absolute Gasteiger partial charge is 0.491 e. The summed E-state index contributed by atoms with van der Waals surface area (Å²) < 4.78 is 11.3. The molecule has 1 aromatic rings. The Morgan fingerprint density at radius 3 is 2.55 bits per heavy atom. The minimum atomic E-state index is -0.450. The summed E-state index contributed by atoms with van der Waals surface area (Å²) in [6.45, 7) is 3.73. The zero-order valence-corrected chi connectivity index (χ0v) is 11.7. The highest BCUT2D eigenvalue weighted by molar-refractivity contribution is 5.46. The van der Waals surface area contributed by atoms with Crippen molar-refractivity contribution in [1.82, 2.24) is 0 Å². The van der Waals surface area contributed by atoms with Crippen LogP contribution in [0.4, 0.5) is 5.69 Å². The van der Waals surface area contributed by atoms with Crippen LogP contribution in [0, 0.1) is 10.1 Å². The molecule has 20 heavy (non-hydrogen) atoms. The van der Waals surface area contributed by atoms with E-state index in [2.05, 4.69) is 0 Å². The molecule has 0 heterocycles. The van der Waals surface area contributed by atoms with Gasteiger partial charge in [0.15, 0.2) is 0 Å². The maximum atomic E-state index is 11.0. The number of rotatable bonds is 5. The van der Waals surface area contributed by atoms with Gasteiger partial charge in [-0.3, -0.25) is 10.1 Å². The quantitative estimate of drug-likeness (QED) is 0.661.